The highest BCUT2D eigenvalue weighted by Gasteiger charge is 2.18. The molecule has 1 aromatic carbocycles. The van der Waals surface area contributed by atoms with E-state index in [2.05, 4.69) is 15.3 Å². The summed E-state index contributed by atoms with van der Waals surface area (Å²) in [5, 5.41) is 13.2. The molecule has 2 aromatic rings. The number of anilines is 1. The van der Waals surface area contributed by atoms with Crippen LogP contribution in [0.3, 0.4) is 0 Å². The molecule has 0 aliphatic rings. The first-order valence-electron chi connectivity index (χ1n) is 6.83. The number of benzene rings is 1. The van der Waals surface area contributed by atoms with E-state index in [1.165, 1.54) is 6.33 Å². The Labute approximate surface area is 118 Å². The highest BCUT2D eigenvalue weighted by Crippen LogP contribution is 2.22. The number of para-hydroxylation sites is 1. The maximum Gasteiger partial charge on any atom is 0.326 e. The molecule has 0 aliphatic carbocycles. The highest BCUT2D eigenvalue weighted by atomic mass is 16.4. The average molecular weight is 273 g/mol. The molecule has 0 amide bonds. The molecule has 0 aliphatic heterocycles. The normalized spacial score (nSPS) is 12.3. The van der Waals surface area contributed by atoms with Crippen LogP contribution in [0.1, 0.15) is 31.7 Å². The van der Waals surface area contributed by atoms with Crippen molar-refractivity contribution in [1.29, 1.82) is 0 Å². The summed E-state index contributed by atoms with van der Waals surface area (Å²) in [5.74, 6) is -0.264. The summed E-state index contributed by atoms with van der Waals surface area (Å²) in [5.41, 5.74) is 1.90. The number of rotatable bonds is 6. The van der Waals surface area contributed by atoms with Crippen LogP contribution in [-0.4, -0.2) is 27.1 Å². The molecule has 0 radical (unpaired) electrons. The zero-order valence-electron chi connectivity index (χ0n) is 11.8. The molecule has 1 heterocycles. The molecule has 1 aromatic heterocycles. The largest absolute Gasteiger partial charge is 0.480 e. The minimum absolute atomic E-state index is 0.585. The van der Waals surface area contributed by atoms with E-state index in [4.69, 9.17) is 0 Å². The second-order valence-electron chi connectivity index (χ2n) is 4.87. The summed E-state index contributed by atoms with van der Waals surface area (Å²) in [4.78, 5) is 19.8. The maximum absolute atomic E-state index is 11.3. The van der Waals surface area contributed by atoms with Gasteiger partial charge in [-0.25, -0.2) is 14.8 Å². The molecule has 2 N–H and O–H groups in total. The fraction of sp³-hybridized carbons (Fsp3) is 0.400. The topological polar surface area (TPSA) is 75.1 Å². The van der Waals surface area contributed by atoms with Gasteiger partial charge in [0.1, 0.15) is 18.2 Å². The van der Waals surface area contributed by atoms with Gasteiger partial charge >= 0.3 is 5.97 Å². The fourth-order valence-electron chi connectivity index (χ4n) is 2.18. The standard InChI is InChI=1S/C15H19N3O2/c1-3-4-8-12(15(19)20)18-14-11-7-5-6-10(2)13(11)16-9-17-14/h5-7,9,12H,3-4,8H2,1-2H3,(H,19,20)(H,16,17,18)/t12-/m0/s1. The first-order chi connectivity index (χ1) is 9.63. The summed E-state index contributed by atoms with van der Waals surface area (Å²) in [6.07, 6.45) is 3.89. The number of fused-ring (bicyclic) bond motifs is 1. The molecule has 0 saturated heterocycles. The number of nitrogens with zero attached hydrogens (tertiary/aromatic N) is 2. The monoisotopic (exact) mass is 273 g/mol. The van der Waals surface area contributed by atoms with Crippen LogP contribution >= 0.6 is 0 Å². The molecular weight excluding hydrogens is 254 g/mol. The number of aryl methyl sites for hydroxylation is 1. The Morgan fingerprint density at radius 1 is 1.40 bits per heavy atom. The molecule has 5 heteroatoms. The molecule has 0 bridgehead atoms. The number of nitrogens with one attached hydrogen (secondary N) is 1. The molecule has 0 fully saturated rings. The van der Waals surface area contributed by atoms with Gasteiger partial charge in [-0.15, -0.1) is 0 Å². The van der Waals surface area contributed by atoms with Crippen molar-refractivity contribution in [2.45, 2.75) is 39.2 Å². The van der Waals surface area contributed by atoms with Crippen LogP contribution in [0.4, 0.5) is 5.82 Å². The lowest BCUT2D eigenvalue weighted by atomic mass is 10.1. The van der Waals surface area contributed by atoms with E-state index in [1.54, 1.807) is 0 Å². The van der Waals surface area contributed by atoms with E-state index in [9.17, 15) is 9.90 Å². The molecule has 5 nitrogen and oxygen atoms in total. The van der Waals surface area contributed by atoms with Crippen LogP contribution in [0.15, 0.2) is 24.5 Å². The van der Waals surface area contributed by atoms with Crippen molar-refractivity contribution < 1.29 is 9.90 Å². The number of carboxylic acids is 1. The zero-order valence-corrected chi connectivity index (χ0v) is 11.8. The predicted molar refractivity (Wildman–Crippen MR) is 78.8 cm³/mol. The summed E-state index contributed by atoms with van der Waals surface area (Å²) >= 11 is 0. The first-order valence-corrected chi connectivity index (χ1v) is 6.83. The van der Waals surface area contributed by atoms with Crippen molar-refractivity contribution in [3.8, 4) is 0 Å². The second kappa shape index (κ2) is 6.32. The summed E-state index contributed by atoms with van der Waals surface area (Å²) in [6, 6.07) is 5.19. The number of aliphatic carboxylic acids is 1. The molecule has 1 atom stereocenters. The Hall–Kier alpha value is -2.17. The lowest BCUT2D eigenvalue weighted by molar-refractivity contribution is -0.138. The Morgan fingerprint density at radius 2 is 2.20 bits per heavy atom. The maximum atomic E-state index is 11.3. The van der Waals surface area contributed by atoms with Crippen molar-refractivity contribution in [3.05, 3.63) is 30.1 Å². The molecule has 20 heavy (non-hydrogen) atoms. The quantitative estimate of drug-likeness (QED) is 0.846. The molecular formula is C15H19N3O2. The number of hydrogen-bond donors (Lipinski definition) is 2. The number of hydrogen-bond acceptors (Lipinski definition) is 4. The third kappa shape index (κ3) is 3.04. The van der Waals surface area contributed by atoms with E-state index in [0.29, 0.717) is 12.2 Å². The third-order valence-electron chi connectivity index (χ3n) is 3.32. The smallest absolute Gasteiger partial charge is 0.326 e. The lowest BCUT2D eigenvalue weighted by Crippen LogP contribution is -2.29. The molecule has 106 valence electrons. The Kier molecular flexibility index (Phi) is 4.50. The summed E-state index contributed by atoms with van der Waals surface area (Å²) in [6.45, 7) is 4.02. The van der Waals surface area contributed by atoms with Crippen LogP contribution < -0.4 is 5.32 Å². The Bertz CT molecular complexity index is 613. The van der Waals surface area contributed by atoms with Gasteiger partial charge in [-0.2, -0.15) is 0 Å². The van der Waals surface area contributed by atoms with Gasteiger partial charge in [0.25, 0.3) is 0 Å². The fourth-order valence-corrected chi connectivity index (χ4v) is 2.18. The zero-order chi connectivity index (χ0) is 14.5. The van der Waals surface area contributed by atoms with E-state index in [-0.39, 0.29) is 0 Å². The van der Waals surface area contributed by atoms with Crippen LogP contribution in [0, 0.1) is 6.92 Å². The minimum Gasteiger partial charge on any atom is -0.480 e. The number of carbonyl (C=O) groups is 1. The van der Waals surface area contributed by atoms with Gasteiger partial charge in [-0.1, -0.05) is 31.9 Å². The van der Waals surface area contributed by atoms with Gasteiger partial charge < -0.3 is 10.4 Å². The van der Waals surface area contributed by atoms with Crippen molar-refractivity contribution >= 4 is 22.7 Å². The lowest BCUT2D eigenvalue weighted by Gasteiger charge is -2.16. The summed E-state index contributed by atoms with van der Waals surface area (Å²) in [7, 11) is 0. The molecule has 0 unspecified atom stereocenters. The molecule has 0 saturated carbocycles. The van der Waals surface area contributed by atoms with Crippen LogP contribution in [0.2, 0.25) is 0 Å². The average Bonchev–Trinajstić information content (AvgIpc) is 2.44. The van der Waals surface area contributed by atoms with Gasteiger partial charge in [0.05, 0.1) is 5.52 Å². The number of aromatic nitrogens is 2. The van der Waals surface area contributed by atoms with Crippen LogP contribution in [0.5, 0.6) is 0 Å². The Balaban J connectivity index is 2.32. The van der Waals surface area contributed by atoms with Gasteiger partial charge in [0.15, 0.2) is 0 Å². The third-order valence-corrected chi connectivity index (χ3v) is 3.32. The van der Waals surface area contributed by atoms with Crippen molar-refractivity contribution in [2.24, 2.45) is 0 Å². The van der Waals surface area contributed by atoms with Crippen molar-refractivity contribution in [3.63, 3.8) is 0 Å². The van der Waals surface area contributed by atoms with Crippen molar-refractivity contribution in [2.75, 3.05) is 5.32 Å². The number of unbranched alkanes of at least 4 members (excludes halogenated alkanes) is 1. The van der Waals surface area contributed by atoms with E-state index < -0.39 is 12.0 Å². The molecule has 2 rings (SSSR count). The number of carboxylic acid groups (broad SMARTS) is 1. The first kappa shape index (κ1) is 14.2. The second-order valence-corrected chi connectivity index (χ2v) is 4.87. The Morgan fingerprint density at radius 3 is 2.90 bits per heavy atom. The van der Waals surface area contributed by atoms with Crippen LogP contribution in [-0.2, 0) is 4.79 Å². The predicted octanol–water partition coefficient (Wildman–Crippen LogP) is 2.99. The van der Waals surface area contributed by atoms with Gasteiger partial charge in [-0.05, 0) is 25.0 Å². The van der Waals surface area contributed by atoms with E-state index in [0.717, 1.165) is 29.3 Å². The molecule has 0 spiro atoms. The van der Waals surface area contributed by atoms with Gasteiger partial charge in [0.2, 0.25) is 0 Å². The van der Waals surface area contributed by atoms with E-state index >= 15 is 0 Å². The van der Waals surface area contributed by atoms with Gasteiger partial charge in [-0.3, -0.25) is 0 Å². The van der Waals surface area contributed by atoms with Gasteiger partial charge in [0, 0.05) is 5.39 Å². The van der Waals surface area contributed by atoms with Crippen LogP contribution in [0.25, 0.3) is 10.9 Å². The summed E-state index contributed by atoms with van der Waals surface area (Å²) < 4.78 is 0. The van der Waals surface area contributed by atoms with Crippen molar-refractivity contribution in [1.82, 2.24) is 9.97 Å². The highest BCUT2D eigenvalue weighted by molar-refractivity contribution is 5.92. The van der Waals surface area contributed by atoms with E-state index in [1.807, 2.05) is 32.0 Å². The minimum atomic E-state index is -0.849. The SMILES string of the molecule is CCCC[C@H](Nc1ncnc2c(C)cccc12)C(=O)O.